The Morgan fingerprint density at radius 3 is 2.48 bits per heavy atom. The summed E-state index contributed by atoms with van der Waals surface area (Å²) in [6.07, 6.45) is 0. The van der Waals surface area contributed by atoms with Crippen molar-refractivity contribution >= 4 is 39.0 Å². The van der Waals surface area contributed by atoms with E-state index in [1.54, 1.807) is 6.07 Å². The number of nitrogens with one attached hydrogen (secondary N) is 1. The summed E-state index contributed by atoms with van der Waals surface area (Å²) in [4.78, 5) is 21.1. The monoisotopic (exact) mass is 354 g/mol. The van der Waals surface area contributed by atoms with E-state index in [-0.39, 0.29) is 22.6 Å². The Kier molecular flexibility index (Phi) is 4.18. The second kappa shape index (κ2) is 5.88. The van der Waals surface area contributed by atoms with Crippen molar-refractivity contribution in [3.05, 3.63) is 62.4 Å². The quantitative estimate of drug-likeness (QED) is 0.640. The van der Waals surface area contributed by atoms with E-state index in [4.69, 9.17) is 5.11 Å². The number of nitro benzene ring substituents is 1. The molecule has 0 aliphatic heterocycles. The van der Waals surface area contributed by atoms with E-state index in [0.717, 1.165) is 6.07 Å². The number of carbonyl (C=O) groups is 1. The Labute approximate surface area is 126 Å². The van der Waals surface area contributed by atoms with Crippen LogP contribution in [-0.2, 0) is 0 Å². The van der Waals surface area contributed by atoms with Crippen LogP contribution in [0.1, 0.15) is 10.4 Å². The molecule has 0 heterocycles. The number of anilines is 2. The zero-order valence-corrected chi connectivity index (χ0v) is 11.9. The minimum atomic E-state index is -1.25. The van der Waals surface area contributed by atoms with Crippen LogP contribution >= 0.6 is 15.9 Å². The fourth-order valence-corrected chi connectivity index (χ4v) is 2.01. The lowest BCUT2D eigenvalue weighted by atomic mass is 10.2. The second-order valence-corrected chi connectivity index (χ2v) is 4.96. The zero-order chi connectivity index (χ0) is 15.6. The van der Waals surface area contributed by atoms with E-state index in [9.17, 15) is 19.3 Å². The lowest BCUT2D eigenvalue weighted by Gasteiger charge is -2.09. The average Bonchev–Trinajstić information content (AvgIpc) is 2.42. The van der Waals surface area contributed by atoms with Crippen molar-refractivity contribution in [2.24, 2.45) is 0 Å². The Bertz CT molecular complexity index is 736. The highest BCUT2D eigenvalue weighted by molar-refractivity contribution is 9.10. The molecule has 0 amide bonds. The number of aromatic carboxylic acids is 1. The number of benzene rings is 2. The molecule has 0 aromatic heterocycles. The number of carboxylic acids is 1. The lowest BCUT2D eigenvalue weighted by molar-refractivity contribution is -0.384. The van der Waals surface area contributed by atoms with Gasteiger partial charge in [0.1, 0.15) is 11.5 Å². The fourth-order valence-electron chi connectivity index (χ4n) is 1.66. The maximum Gasteiger partial charge on any atom is 0.335 e. The Morgan fingerprint density at radius 1 is 1.24 bits per heavy atom. The van der Waals surface area contributed by atoms with Gasteiger partial charge in [-0.15, -0.1) is 0 Å². The molecule has 0 fully saturated rings. The lowest BCUT2D eigenvalue weighted by Crippen LogP contribution is -2.01. The van der Waals surface area contributed by atoms with Gasteiger partial charge in [-0.3, -0.25) is 10.1 Å². The third-order valence-electron chi connectivity index (χ3n) is 2.64. The molecule has 0 atom stereocenters. The number of halogens is 2. The van der Waals surface area contributed by atoms with Gasteiger partial charge in [-0.1, -0.05) is 15.9 Å². The molecule has 6 nitrogen and oxygen atoms in total. The molecule has 2 rings (SSSR count). The summed E-state index contributed by atoms with van der Waals surface area (Å²) in [6.45, 7) is 0. The van der Waals surface area contributed by atoms with Crippen LogP contribution in [0.5, 0.6) is 0 Å². The zero-order valence-electron chi connectivity index (χ0n) is 10.3. The van der Waals surface area contributed by atoms with Crippen LogP contribution in [0.2, 0.25) is 0 Å². The van der Waals surface area contributed by atoms with E-state index in [1.165, 1.54) is 24.3 Å². The number of carboxylic acid groups (broad SMARTS) is 1. The Hall–Kier alpha value is -2.48. The number of rotatable bonds is 4. The van der Waals surface area contributed by atoms with Crippen molar-refractivity contribution in [1.82, 2.24) is 0 Å². The van der Waals surface area contributed by atoms with Crippen molar-refractivity contribution in [2.45, 2.75) is 0 Å². The van der Waals surface area contributed by atoms with Crippen LogP contribution in [0.15, 0.2) is 40.9 Å². The van der Waals surface area contributed by atoms with Gasteiger partial charge in [0.15, 0.2) is 0 Å². The van der Waals surface area contributed by atoms with Crippen LogP contribution in [-0.4, -0.2) is 16.0 Å². The van der Waals surface area contributed by atoms with Crippen molar-refractivity contribution < 1.29 is 19.2 Å². The molecule has 0 saturated carbocycles. The topological polar surface area (TPSA) is 92.5 Å². The van der Waals surface area contributed by atoms with Crippen LogP contribution in [0.3, 0.4) is 0 Å². The first-order valence-corrected chi connectivity index (χ1v) is 6.41. The first kappa shape index (κ1) is 14.9. The third-order valence-corrected chi connectivity index (χ3v) is 3.14. The molecule has 0 aliphatic carbocycles. The molecule has 0 bridgehead atoms. The van der Waals surface area contributed by atoms with Crippen LogP contribution < -0.4 is 5.32 Å². The molecule has 0 radical (unpaired) electrons. The van der Waals surface area contributed by atoms with Crippen LogP contribution in [0.4, 0.5) is 21.5 Å². The van der Waals surface area contributed by atoms with Gasteiger partial charge in [0, 0.05) is 10.5 Å². The van der Waals surface area contributed by atoms with E-state index in [1.807, 2.05) is 0 Å². The third kappa shape index (κ3) is 3.34. The van der Waals surface area contributed by atoms with Crippen molar-refractivity contribution in [3.8, 4) is 0 Å². The molecule has 8 heteroatoms. The highest BCUT2D eigenvalue weighted by Crippen LogP contribution is 2.31. The maximum absolute atomic E-state index is 13.8. The van der Waals surface area contributed by atoms with Gasteiger partial charge in [0.05, 0.1) is 16.2 Å². The molecule has 0 unspecified atom stereocenters. The van der Waals surface area contributed by atoms with E-state index >= 15 is 0 Å². The van der Waals surface area contributed by atoms with Gasteiger partial charge < -0.3 is 10.4 Å². The molecule has 0 saturated heterocycles. The van der Waals surface area contributed by atoms with Gasteiger partial charge in [-0.2, -0.15) is 0 Å². The smallest absolute Gasteiger partial charge is 0.335 e. The van der Waals surface area contributed by atoms with Crippen LogP contribution in [0.25, 0.3) is 0 Å². The minimum Gasteiger partial charge on any atom is -0.478 e. The predicted molar refractivity (Wildman–Crippen MR) is 77.4 cm³/mol. The molecule has 0 aliphatic rings. The highest BCUT2D eigenvalue weighted by atomic mass is 79.9. The maximum atomic E-state index is 13.8. The molecule has 108 valence electrons. The molecule has 0 spiro atoms. The highest BCUT2D eigenvalue weighted by Gasteiger charge is 2.16. The molecule has 2 aromatic carbocycles. The van der Waals surface area contributed by atoms with E-state index < -0.39 is 16.7 Å². The predicted octanol–water partition coefficient (Wildman–Crippen LogP) is 3.94. The molecule has 2 N–H and O–H groups in total. The SMILES string of the molecule is O=C(O)c1ccc(Nc2ccc(Br)cc2[N+](=O)[O-])c(F)c1. The molecule has 21 heavy (non-hydrogen) atoms. The fraction of sp³-hybridized carbons (Fsp3) is 0. The van der Waals surface area contributed by atoms with Gasteiger partial charge in [0.25, 0.3) is 5.69 Å². The summed E-state index contributed by atoms with van der Waals surface area (Å²) in [7, 11) is 0. The standard InChI is InChI=1S/C13H8BrFN2O4/c14-8-2-4-11(12(6-8)17(20)21)16-10-3-1-7(13(18)19)5-9(10)15/h1-6,16H,(H,18,19). The Morgan fingerprint density at radius 2 is 1.90 bits per heavy atom. The first-order valence-electron chi connectivity index (χ1n) is 5.62. The van der Waals surface area contributed by atoms with Crippen molar-refractivity contribution in [3.63, 3.8) is 0 Å². The average molecular weight is 355 g/mol. The molecular weight excluding hydrogens is 347 g/mol. The van der Waals surface area contributed by atoms with E-state index in [0.29, 0.717) is 4.47 Å². The summed E-state index contributed by atoms with van der Waals surface area (Å²) < 4.78 is 14.3. The van der Waals surface area contributed by atoms with Gasteiger partial charge in [0.2, 0.25) is 0 Å². The number of nitrogens with zero attached hydrogens (tertiary/aromatic N) is 1. The van der Waals surface area contributed by atoms with Gasteiger partial charge >= 0.3 is 5.97 Å². The number of nitro groups is 1. The minimum absolute atomic E-state index is 0.0505. The van der Waals surface area contributed by atoms with Gasteiger partial charge in [-0.25, -0.2) is 9.18 Å². The van der Waals surface area contributed by atoms with E-state index in [2.05, 4.69) is 21.2 Å². The number of hydrogen-bond acceptors (Lipinski definition) is 4. The normalized spacial score (nSPS) is 10.2. The summed E-state index contributed by atoms with van der Waals surface area (Å²) in [5.41, 5.74) is -0.384. The van der Waals surface area contributed by atoms with Crippen molar-refractivity contribution in [1.29, 1.82) is 0 Å². The molecular formula is C13H8BrFN2O4. The Balaban J connectivity index is 2.39. The second-order valence-electron chi connectivity index (χ2n) is 4.04. The summed E-state index contributed by atoms with van der Waals surface area (Å²) in [5.74, 6) is -2.07. The van der Waals surface area contributed by atoms with Crippen molar-refractivity contribution in [2.75, 3.05) is 5.32 Å². The summed E-state index contributed by atoms with van der Waals surface area (Å²) >= 11 is 3.12. The molecule has 2 aromatic rings. The summed E-state index contributed by atoms with van der Waals surface area (Å²) in [5, 5.41) is 22.3. The number of hydrogen-bond donors (Lipinski definition) is 2. The van der Waals surface area contributed by atoms with Gasteiger partial charge in [-0.05, 0) is 30.3 Å². The largest absolute Gasteiger partial charge is 0.478 e. The van der Waals surface area contributed by atoms with Crippen LogP contribution in [0, 0.1) is 15.9 Å². The first-order chi connectivity index (χ1) is 9.88. The summed E-state index contributed by atoms with van der Waals surface area (Å²) in [6, 6.07) is 7.54.